The van der Waals surface area contributed by atoms with Gasteiger partial charge in [-0.2, -0.15) is 0 Å². The van der Waals surface area contributed by atoms with Crippen molar-refractivity contribution in [3.63, 3.8) is 0 Å². The van der Waals surface area contributed by atoms with E-state index in [0.717, 1.165) is 32.7 Å². The van der Waals surface area contributed by atoms with Crippen molar-refractivity contribution in [2.24, 2.45) is 0 Å². The molecule has 0 saturated carbocycles. The highest BCUT2D eigenvalue weighted by Gasteiger charge is 2.48. The van der Waals surface area contributed by atoms with E-state index in [2.05, 4.69) is 6.58 Å². The summed E-state index contributed by atoms with van der Waals surface area (Å²) in [7, 11) is 0. The van der Waals surface area contributed by atoms with Crippen LogP contribution in [0.5, 0.6) is 11.5 Å². The number of aliphatic hydroxyl groups is 1. The van der Waals surface area contributed by atoms with E-state index in [1.54, 1.807) is 36.4 Å². The minimum Gasteiger partial charge on any atom is -0.507 e. The van der Waals surface area contributed by atoms with Crippen LogP contribution in [0.3, 0.4) is 0 Å². The van der Waals surface area contributed by atoms with Crippen LogP contribution in [0.25, 0.3) is 16.0 Å². The predicted molar refractivity (Wildman–Crippen MR) is 156 cm³/mol. The molecule has 0 bridgehead atoms. The summed E-state index contributed by atoms with van der Waals surface area (Å²) in [5.74, 6) is -0.429. The van der Waals surface area contributed by atoms with Crippen LogP contribution in [0.15, 0.2) is 72.8 Å². The van der Waals surface area contributed by atoms with Gasteiger partial charge in [0.15, 0.2) is 5.13 Å². The predicted octanol–water partition coefficient (Wildman–Crippen LogP) is 6.43. The number of aromatic nitrogens is 1. The number of aryl methyl sites for hydroxylation is 2. The first-order valence-electron chi connectivity index (χ1n) is 13.1. The van der Waals surface area contributed by atoms with Crippen LogP contribution in [0.2, 0.25) is 0 Å². The van der Waals surface area contributed by atoms with E-state index in [1.165, 1.54) is 16.2 Å². The second-order valence-electron chi connectivity index (χ2n) is 10.2. The Kier molecular flexibility index (Phi) is 6.43. The number of ketones is 1. The third-order valence-corrected chi connectivity index (χ3v) is 8.18. The van der Waals surface area contributed by atoms with Gasteiger partial charge in [-0.1, -0.05) is 42.2 Å². The fourth-order valence-electron chi connectivity index (χ4n) is 5.46. The Morgan fingerprint density at radius 1 is 1.20 bits per heavy atom. The Bertz CT molecular complexity index is 1740. The second-order valence-corrected chi connectivity index (χ2v) is 11.2. The van der Waals surface area contributed by atoms with Gasteiger partial charge in [0.25, 0.3) is 5.78 Å². The van der Waals surface area contributed by atoms with Crippen LogP contribution in [0.1, 0.15) is 40.8 Å². The number of aliphatic hydroxyl groups excluding tert-OH is 1. The quantitative estimate of drug-likeness (QED) is 0.128. The van der Waals surface area contributed by atoms with Crippen LogP contribution in [0, 0.1) is 13.8 Å². The van der Waals surface area contributed by atoms with Gasteiger partial charge in [0, 0.05) is 12.0 Å². The number of nitrogens with zero attached hydrogens (tertiary/aromatic N) is 2. The van der Waals surface area contributed by atoms with Gasteiger partial charge in [0.2, 0.25) is 0 Å². The summed E-state index contributed by atoms with van der Waals surface area (Å²) >= 11 is 1.35. The molecular formula is C32H28N2O5S. The summed E-state index contributed by atoms with van der Waals surface area (Å²) in [5.41, 5.74) is 4.87. The van der Waals surface area contributed by atoms with Gasteiger partial charge in [-0.15, -0.1) is 0 Å². The number of hydrogen-bond acceptors (Lipinski definition) is 7. The van der Waals surface area contributed by atoms with Crippen LogP contribution in [-0.4, -0.2) is 34.5 Å². The van der Waals surface area contributed by atoms with E-state index in [-0.39, 0.29) is 17.4 Å². The summed E-state index contributed by atoms with van der Waals surface area (Å²) in [6, 6.07) is 15.7. The van der Waals surface area contributed by atoms with Gasteiger partial charge in [-0.05, 0) is 79.4 Å². The Morgan fingerprint density at radius 2 is 2.02 bits per heavy atom. The zero-order chi connectivity index (χ0) is 28.1. The molecule has 2 aliphatic rings. The van der Waals surface area contributed by atoms with Gasteiger partial charge in [-0.3, -0.25) is 14.5 Å². The molecule has 40 heavy (non-hydrogen) atoms. The molecule has 6 rings (SSSR count). The van der Waals surface area contributed by atoms with Crippen LogP contribution < -0.4 is 14.4 Å². The van der Waals surface area contributed by atoms with E-state index in [4.69, 9.17) is 14.5 Å². The highest BCUT2D eigenvalue weighted by atomic mass is 32.1. The summed E-state index contributed by atoms with van der Waals surface area (Å²) in [5, 5.41) is 12.0. The Balaban J connectivity index is 1.54. The molecule has 7 nitrogen and oxygen atoms in total. The highest BCUT2D eigenvalue weighted by molar-refractivity contribution is 7.22. The van der Waals surface area contributed by atoms with Crippen molar-refractivity contribution in [2.75, 3.05) is 11.5 Å². The van der Waals surface area contributed by atoms with E-state index in [9.17, 15) is 14.7 Å². The lowest BCUT2D eigenvalue weighted by atomic mass is 9.94. The Morgan fingerprint density at radius 3 is 2.83 bits per heavy atom. The molecule has 3 heterocycles. The van der Waals surface area contributed by atoms with Crippen LogP contribution >= 0.6 is 11.3 Å². The maximum Gasteiger partial charge on any atom is 0.301 e. The molecule has 1 saturated heterocycles. The fraction of sp³-hybridized carbons (Fsp3) is 0.219. The zero-order valence-corrected chi connectivity index (χ0v) is 23.2. The summed E-state index contributed by atoms with van der Waals surface area (Å²) in [6.45, 7) is 9.97. The molecule has 202 valence electrons. The van der Waals surface area contributed by atoms with Crippen molar-refractivity contribution in [3.05, 3.63) is 101 Å². The van der Waals surface area contributed by atoms with E-state index >= 15 is 0 Å². The third kappa shape index (κ3) is 4.34. The number of amides is 1. The fourth-order valence-corrected chi connectivity index (χ4v) is 6.63. The van der Waals surface area contributed by atoms with Crippen LogP contribution in [-0.2, 0) is 16.0 Å². The molecule has 8 heteroatoms. The number of ether oxygens (including phenoxy) is 2. The lowest BCUT2D eigenvalue weighted by Crippen LogP contribution is -2.29. The molecule has 0 radical (unpaired) electrons. The molecular weight excluding hydrogens is 524 g/mol. The first-order valence-corrected chi connectivity index (χ1v) is 13.9. The van der Waals surface area contributed by atoms with Crippen molar-refractivity contribution in [1.82, 2.24) is 4.98 Å². The smallest absolute Gasteiger partial charge is 0.301 e. The van der Waals surface area contributed by atoms with E-state index < -0.39 is 17.7 Å². The van der Waals surface area contributed by atoms with E-state index in [1.807, 2.05) is 45.0 Å². The number of benzene rings is 3. The minimum absolute atomic E-state index is 0.00458. The summed E-state index contributed by atoms with van der Waals surface area (Å²) < 4.78 is 12.5. The van der Waals surface area contributed by atoms with E-state index in [0.29, 0.717) is 35.0 Å². The van der Waals surface area contributed by atoms with Crippen molar-refractivity contribution >= 4 is 44.1 Å². The average Bonchev–Trinajstić information content (AvgIpc) is 3.59. The molecule has 3 aromatic carbocycles. The number of carbonyl (C=O) groups excluding carboxylic acids is 2. The van der Waals surface area contributed by atoms with Gasteiger partial charge in [-0.25, -0.2) is 4.98 Å². The van der Waals surface area contributed by atoms with Crippen molar-refractivity contribution in [1.29, 1.82) is 0 Å². The lowest BCUT2D eigenvalue weighted by Gasteiger charge is -2.23. The number of fused-ring (bicyclic) bond motifs is 2. The van der Waals surface area contributed by atoms with Crippen molar-refractivity contribution in [2.45, 2.75) is 39.3 Å². The molecule has 1 aromatic heterocycles. The Labute approximate surface area is 236 Å². The van der Waals surface area contributed by atoms with Crippen molar-refractivity contribution < 1.29 is 24.2 Å². The van der Waals surface area contributed by atoms with Gasteiger partial charge < -0.3 is 14.6 Å². The third-order valence-electron chi connectivity index (χ3n) is 7.18. The maximum absolute atomic E-state index is 13.7. The SMILES string of the molecule is C=CCOc1cccc([C@@H]2C(=C(O)c3ccc4c(c3)C[C@H](C)O4)C(=O)C(=O)N2c2nc3c(C)cc(C)cc3s2)c1. The number of thiazole rings is 1. The molecule has 1 N–H and O–H groups in total. The number of carbonyl (C=O) groups is 2. The van der Waals surface area contributed by atoms with Gasteiger partial charge in [0.05, 0.1) is 21.8 Å². The molecule has 1 amide bonds. The highest BCUT2D eigenvalue weighted by Crippen LogP contribution is 2.45. The van der Waals surface area contributed by atoms with Gasteiger partial charge >= 0.3 is 5.91 Å². The van der Waals surface area contributed by atoms with Gasteiger partial charge in [0.1, 0.15) is 30.0 Å². The minimum atomic E-state index is -0.905. The van der Waals surface area contributed by atoms with Crippen LogP contribution in [0.4, 0.5) is 5.13 Å². The Hall–Kier alpha value is -4.43. The first kappa shape index (κ1) is 25.8. The zero-order valence-electron chi connectivity index (χ0n) is 22.4. The monoisotopic (exact) mass is 552 g/mol. The van der Waals surface area contributed by atoms with Crippen molar-refractivity contribution in [3.8, 4) is 11.5 Å². The number of anilines is 1. The average molecular weight is 553 g/mol. The standard InChI is InChI=1S/C32H28N2O5S/c1-5-11-38-23-8-6-7-20(16-23)28-26(29(35)21-9-10-24-22(15-21)14-19(4)39-24)30(36)31(37)34(28)32-33-27-18(3)12-17(2)13-25(27)40-32/h5-10,12-13,15-16,19,28,35H,1,11,14H2,2-4H3/t19-,28+/m0/s1. The first-order chi connectivity index (χ1) is 19.2. The number of Topliss-reactive ketones (excluding diaryl/α,β-unsaturated/α-hetero) is 1. The lowest BCUT2D eigenvalue weighted by molar-refractivity contribution is -0.132. The summed E-state index contributed by atoms with van der Waals surface area (Å²) in [4.78, 5) is 33.5. The molecule has 1 fully saturated rings. The maximum atomic E-state index is 13.7. The summed E-state index contributed by atoms with van der Waals surface area (Å²) in [6.07, 6.45) is 2.37. The largest absolute Gasteiger partial charge is 0.507 e. The number of rotatable bonds is 6. The molecule has 4 aromatic rings. The molecule has 2 aliphatic heterocycles. The normalized spacial score (nSPS) is 19.6. The molecule has 0 aliphatic carbocycles. The second kappa shape index (κ2) is 9.95. The molecule has 2 atom stereocenters. The molecule has 0 spiro atoms. The topological polar surface area (TPSA) is 89.0 Å². The number of hydrogen-bond donors (Lipinski definition) is 1. The molecule has 0 unspecified atom stereocenters.